The highest BCUT2D eigenvalue weighted by Crippen LogP contribution is 2.34. The van der Waals surface area contributed by atoms with Crippen molar-refractivity contribution < 1.29 is 0 Å². The molecule has 2 saturated heterocycles. The highest BCUT2D eigenvalue weighted by molar-refractivity contribution is 5.64. The van der Waals surface area contributed by atoms with Crippen molar-refractivity contribution in [2.75, 3.05) is 30.8 Å². The van der Waals surface area contributed by atoms with Gasteiger partial charge in [-0.15, -0.1) is 0 Å². The lowest BCUT2D eigenvalue weighted by Gasteiger charge is -2.33. The van der Waals surface area contributed by atoms with Crippen molar-refractivity contribution >= 4 is 11.6 Å². The largest absolute Gasteiger partial charge is 0.368 e. The van der Waals surface area contributed by atoms with Gasteiger partial charge < -0.3 is 10.6 Å². The first-order valence-corrected chi connectivity index (χ1v) is 7.36. The maximum absolute atomic E-state index is 5.64. The predicted molar refractivity (Wildman–Crippen MR) is 84.0 cm³/mol. The fraction of sp³-hybridized carbons (Fsp3) is 0.375. The van der Waals surface area contributed by atoms with Crippen LogP contribution in [0.15, 0.2) is 36.5 Å². The monoisotopic (exact) mass is 281 g/mol. The average Bonchev–Trinajstić information content (AvgIpc) is 3.06. The number of fused-ring (bicyclic) bond motifs is 2. The molecule has 2 bridgehead atoms. The van der Waals surface area contributed by atoms with E-state index >= 15 is 0 Å². The van der Waals surface area contributed by atoms with E-state index in [2.05, 4.69) is 51.1 Å². The number of hydrogen-bond donors (Lipinski definition) is 1. The van der Waals surface area contributed by atoms with Gasteiger partial charge in [0.2, 0.25) is 5.95 Å². The third-order valence-corrected chi connectivity index (χ3v) is 4.68. The molecule has 2 atom stereocenters. The fourth-order valence-electron chi connectivity index (χ4n) is 3.54. The Morgan fingerprint density at radius 3 is 2.52 bits per heavy atom. The first kappa shape index (κ1) is 12.6. The Hall–Kier alpha value is -2.14. The van der Waals surface area contributed by atoms with Crippen LogP contribution in [0, 0.1) is 0 Å². The molecule has 21 heavy (non-hydrogen) atoms. The summed E-state index contributed by atoms with van der Waals surface area (Å²) < 4.78 is 0. The zero-order valence-corrected chi connectivity index (χ0v) is 12.1. The minimum atomic E-state index is 0.316. The third kappa shape index (κ3) is 2.14. The van der Waals surface area contributed by atoms with Gasteiger partial charge in [0.15, 0.2) is 0 Å². The van der Waals surface area contributed by atoms with Gasteiger partial charge in [0, 0.05) is 42.6 Å². The minimum Gasteiger partial charge on any atom is -0.368 e. The van der Waals surface area contributed by atoms with Gasteiger partial charge in [-0.1, -0.05) is 12.1 Å². The van der Waals surface area contributed by atoms with Crippen molar-refractivity contribution in [1.82, 2.24) is 14.9 Å². The lowest BCUT2D eigenvalue weighted by atomic mass is 10.1. The maximum Gasteiger partial charge on any atom is 0.220 e. The predicted octanol–water partition coefficient (Wildman–Crippen LogP) is 1.62. The van der Waals surface area contributed by atoms with Crippen LogP contribution in [0.1, 0.15) is 6.42 Å². The van der Waals surface area contributed by atoms with Crippen LogP contribution in [0.5, 0.6) is 0 Å². The van der Waals surface area contributed by atoms with Crippen molar-refractivity contribution in [2.45, 2.75) is 18.5 Å². The fourth-order valence-corrected chi connectivity index (χ4v) is 3.54. The molecule has 108 valence electrons. The number of aromatic nitrogens is 2. The van der Waals surface area contributed by atoms with E-state index in [1.807, 2.05) is 6.07 Å². The molecule has 2 unspecified atom stereocenters. The van der Waals surface area contributed by atoms with E-state index in [1.54, 1.807) is 6.20 Å². The summed E-state index contributed by atoms with van der Waals surface area (Å²) in [5.74, 6) is 0.316. The van der Waals surface area contributed by atoms with Crippen molar-refractivity contribution in [3.63, 3.8) is 0 Å². The van der Waals surface area contributed by atoms with Crippen LogP contribution in [-0.4, -0.2) is 47.1 Å². The minimum absolute atomic E-state index is 0.316. The van der Waals surface area contributed by atoms with Crippen LogP contribution in [0.3, 0.4) is 0 Å². The highest BCUT2D eigenvalue weighted by atomic mass is 15.3. The van der Waals surface area contributed by atoms with Crippen LogP contribution < -0.4 is 10.6 Å². The van der Waals surface area contributed by atoms with E-state index in [4.69, 9.17) is 5.73 Å². The smallest absolute Gasteiger partial charge is 0.220 e. The molecule has 0 spiro atoms. The average molecular weight is 281 g/mol. The number of nitrogens with zero attached hydrogens (tertiary/aromatic N) is 4. The summed E-state index contributed by atoms with van der Waals surface area (Å²) in [4.78, 5) is 13.2. The Morgan fingerprint density at radius 1 is 1.10 bits per heavy atom. The van der Waals surface area contributed by atoms with Crippen LogP contribution in [0.25, 0.3) is 11.3 Å². The molecule has 2 aromatic rings. The lowest BCUT2D eigenvalue weighted by molar-refractivity contribution is 0.292. The molecule has 0 aliphatic carbocycles. The highest BCUT2D eigenvalue weighted by Gasteiger charge is 2.41. The Bertz CT molecular complexity index is 652. The van der Waals surface area contributed by atoms with Gasteiger partial charge in [0.25, 0.3) is 0 Å². The van der Waals surface area contributed by atoms with E-state index in [9.17, 15) is 0 Å². The number of nitrogens with two attached hydrogens (primary N) is 1. The van der Waals surface area contributed by atoms with Gasteiger partial charge in [-0.2, -0.15) is 0 Å². The SMILES string of the molecule is CN1CC2CC1CN2c1ccc(-c2ccnc(N)n2)cc1. The molecule has 4 rings (SSSR count). The van der Waals surface area contributed by atoms with Crippen molar-refractivity contribution in [3.8, 4) is 11.3 Å². The second kappa shape index (κ2) is 4.70. The van der Waals surface area contributed by atoms with Gasteiger partial charge >= 0.3 is 0 Å². The lowest BCUT2D eigenvalue weighted by Crippen LogP contribution is -2.44. The van der Waals surface area contributed by atoms with Crippen LogP contribution in [0.4, 0.5) is 11.6 Å². The number of piperazine rings is 1. The van der Waals surface area contributed by atoms with E-state index in [-0.39, 0.29) is 0 Å². The maximum atomic E-state index is 5.64. The molecule has 5 nitrogen and oxygen atoms in total. The molecule has 2 fully saturated rings. The quantitative estimate of drug-likeness (QED) is 0.906. The van der Waals surface area contributed by atoms with Gasteiger partial charge in [-0.05, 0) is 31.7 Å². The van der Waals surface area contributed by atoms with E-state index in [0.717, 1.165) is 23.8 Å². The number of benzene rings is 1. The van der Waals surface area contributed by atoms with Gasteiger partial charge in [0.05, 0.1) is 5.69 Å². The Balaban J connectivity index is 1.57. The molecule has 3 heterocycles. The van der Waals surface area contributed by atoms with Crippen LogP contribution >= 0.6 is 0 Å². The molecule has 5 heteroatoms. The number of likely N-dealkylation sites (tertiary alicyclic amines) is 1. The summed E-state index contributed by atoms with van der Waals surface area (Å²) >= 11 is 0. The zero-order chi connectivity index (χ0) is 14.4. The molecule has 1 aromatic heterocycles. The summed E-state index contributed by atoms with van der Waals surface area (Å²) in [6, 6.07) is 11.9. The second-order valence-electron chi connectivity index (χ2n) is 5.98. The van der Waals surface area contributed by atoms with Crippen LogP contribution in [0.2, 0.25) is 0 Å². The first-order valence-electron chi connectivity index (χ1n) is 7.36. The molecule has 1 aromatic carbocycles. The summed E-state index contributed by atoms with van der Waals surface area (Å²) in [6.45, 7) is 2.32. The van der Waals surface area contributed by atoms with E-state index in [1.165, 1.54) is 18.7 Å². The molecule has 0 radical (unpaired) electrons. The van der Waals surface area contributed by atoms with Gasteiger partial charge in [-0.3, -0.25) is 4.90 Å². The van der Waals surface area contributed by atoms with Gasteiger partial charge in [0.1, 0.15) is 0 Å². The number of rotatable bonds is 2. The van der Waals surface area contributed by atoms with Crippen molar-refractivity contribution in [1.29, 1.82) is 0 Å². The van der Waals surface area contributed by atoms with Crippen molar-refractivity contribution in [3.05, 3.63) is 36.5 Å². The van der Waals surface area contributed by atoms with E-state index in [0.29, 0.717) is 12.0 Å². The summed E-state index contributed by atoms with van der Waals surface area (Å²) in [5.41, 5.74) is 8.90. The van der Waals surface area contributed by atoms with Crippen LogP contribution in [-0.2, 0) is 0 Å². The van der Waals surface area contributed by atoms with Crippen molar-refractivity contribution in [2.24, 2.45) is 0 Å². The first-order chi connectivity index (χ1) is 10.2. The summed E-state index contributed by atoms with van der Waals surface area (Å²) in [6.07, 6.45) is 2.99. The Labute approximate surface area is 124 Å². The molecular weight excluding hydrogens is 262 g/mol. The third-order valence-electron chi connectivity index (χ3n) is 4.68. The standard InChI is InChI=1S/C16H19N5/c1-20-9-14-8-13(20)10-21(14)12-4-2-11(3-5-12)15-6-7-18-16(17)19-15/h2-7,13-14H,8-10H2,1H3,(H2,17,18,19). The number of anilines is 2. The molecular formula is C16H19N5. The topological polar surface area (TPSA) is 58.3 Å². The number of nitrogen functional groups attached to an aromatic ring is 1. The number of hydrogen-bond acceptors (Lipinski definition) is 5. The summed E-state index contributed by atoms with van der Waals surface area (Å²) in [5, 5.41) is 0. The Kier molecular flexibility index (Phi) is 2.82. The number of likely N-dealkylation sites (N-methyl/N-ethyl adjacent to an activating group) is 1. The van der Waals surface area contributed by atoms with Gasteiger partial charge in [-0.25, -0.2) is 9.97 Å². The summed E-state index contributed by atoms with van der Waals surface area (Å²) in [7, 11) is 2.23. The molecule has 0 amide bonds. The molecule has 2 N–H and O–H groups in total. The molecule has 2 aliphatic rings. The van der Waals surface area contributed by atoms with E-state index < -0.39 is 0 Å². The molecule has 0 saturated carbocycles. The second-order valence-corrected chi connectivity index (χ2v) is 5.98. The molecule has 2 aliphatic heterocycles. The Morgan fingerprint density at radius 2 is 1.90 bits per heavy atom. The zero-order valence-electron chi connectivity index (χ0n) is 12.1. The normalized spacial score (nSPS) is 24.7.